The fourth-order valence-corrected chi connectivity index (χ4v) is 1.70. The average Bonchev–Trinajstić information content (AvgIpc) is 2.42. The molecule has 19 heavy (non-hydrogen) atoms. The van der Waals surface area contributed by atoms with Crippen LogP contribution in [0.3, 0.4) is 0 Å². The molecule has 0 aliphatic carbocycles. The molecular weight excluding hydrogens is 236 g/mol. The van der Waals surface area contributed by atoms with E-state index >= 15 is 0 Å². The van der Waals surface area contributed by atoms with Gasteiger partial charge in [0.25, 0.3) is 0 Å². The summed E-state index contributed by atoms with van der Waals surface area (Å²) in [6.07, 6.45) is 0. The highest BCUT2D eigenvalue weighted by Gasteiger charge is 2.06. The van der Waals surface area contributed by atoms with E-state index in [1.54, 1.807) is 0 Å². The SMILES string of the molecule is Cc1ccc(/C(=N\N=C(N)N)c2ccccc2)cc1. The van der Waals surface area contributed by atoms with E-state index in [0.717, 1.165) is 16.8 Å². The molecule has 0 saturated heterocycles. The van der Waals surface area contributed by atoms with Gasteiger partial charge in [-0.1, -0.05) is 60.2 Å². The summed E-state index contributed by atoms with van der Waals surface area (Å²) in [5.41, 5.74) is 14.6. The van der Waals surface area contributed by atoms with Gasteiger partial charge >= 0.3 is 0 Å². The third kappa shape index (κ3) is 3.42. The molecule has 0 spiro atoms. The van der Waals surface area contributed by atoms with Crippen LogP contribution in [-0.4, -0.2) is 11.7 Å². The summed E-state index contributed by atoms with van der Waals surface area (Å²) in [6, 6.07) is 17.9. The number of hydrogen-bond acceptors (Lipinski definition) is 2. The number of guanidine groups is 1. The van der Waals surface area contributed by atoms with E-state index in [-0.39, 0.29) is 5.96 Å². The van der Waals surface area contributed by atoms with E-state index in [4.69, 9.17) is 11.5 Å². The lowest BCUT2D eigenvalue weighted by Gasteiger charge is -2.06. The van der Waals surface area contributed by atoms with Crippen LogP contribution in [0, 0.1) is 6.92 Å². The summed E-state index contributed by atoms with van der Waals surface area (Å²) in [7, 11) is 0. The summed E-state index contributed by atoms with van der Waals surface area (Å²) in [5, 5.41) is 7.91. The van der Waals surface area contributed by atoms with E-state index in [9.17, 15) is 0 Å². The molecule has 0 bridgehead atoms. The number of nitrogens with two attached hydrogens (primary N) is 2. The van der Waals surface area contributed by atoms with Crippen molar-refractivity contribution in [1.82, 2.24) is 0 Å². The number of aryl methyl sites for hydroxylation is 1. The van der Waals surface area contributed by atoms with Gasteiger partial charge in [0.1, 0.15) is 5.71 Å². The van der Waals surface area contributed by atoms with Gasteiger partial charge in [0, 0.05) is 11.1 Å². The first kappa shape index (κ1) is 12.8. The quantitative estimate of drug-likeness (QED) is 0.498. The first-order chi connectivity index (χ1) is 9.16. The first-order valence-corrected chi connectivity index (χ1v) is 5.96. The molecule has 0 fully saturated rings. The average molecular weight is 252 g/mol. The maximum Gasteiger partial charge on any atom is 0.211 e. The molecule has 2 rings (SSSR count). The number of benzene rings is 2. The topological polar surface area (TPSA) is 76.8 Å². The molecular formula is C15H16N4. The van der Waals surface area contributed by atoms with Crippen LogP contribution in [0.5, 0.6) is 0 Å². The molecule has 4 N–H and O–H groups in total. The Kier molecular flexibility index (Phi) is 3.93. The van der Waals surface area contributed by atoms with Crippen molar-refractivity contribution in [2.24, 2.45) is 21.7 Å². The Hall–Kier alpha value is -2.62. The highest BCUT2D eigenvalue weighted by atomic mass is 15.3. The van der Waals surface area contributed by atoms with Gasteiger partial charge in [-0.05, 0) is 6.92 Å². The minimum Gasteiger partial charge on any atom is -0.369 e. The van der Waals surface area contributed by atoms with E-state index in [1.807, 2.05) is 61.5 Å². The van der Waals surface area contributed by atoms with Crippen molar-refractivity contribution >= 4 is 11.7 Å². The number of nitrogens with zero attached hydrogens (tertiary/aromatic N) is 2. The Bertz CT molecular complexity index is 594. The Morgan fingerprint density at radius 2 is 1.37 bits per heavy atom. The predicted molar refractivity (Wildman–Crippen MR) is 79.1 cm³/mol. The van der Waals surface area contributed by atoms with Gasteiger partial charge in [0.05, 0.1) is 0 Å². The highest BCUT2D eigenvalue weighted by molar-refractivity contribution is 6.13. The fourth-order valence-electron chi connectivity index (χ4n) is 1.70. The lowest BCUT2D eigenvalue weighted by Crippen LogP contribution is -2.22. The van der Waals surface area contributed by atoms with Crippen LogP contribution in [-0.2, 0) is 0 Å². The minimum atomic E-state index is -0.0551. The van der Waals surface area contributed by atoms with Crippen molar-refractivity contribution in [3.05, 3.63) is 71.3 Å². The molecule has 0 unspecified atom stereocenters. The first-order valence-electron chi connectivity index (χ1n) is 5.96. The molecule has 0 aromatic heterocycles. The lowest BCUT2D eigenvalue weighted by atomic mass is 10.0. The highest BCUT2D eigenvalue weighted by Crippen LogP contribution is 2.12. The second-order valence-electron chi connectivity index (χ2n) is 4.21. The van der Waals surface area contributed by atoms with E-state index in [2.05, 4.69) is 10.2 Å². The van der Waals surface area contributed by atoms with E-state index in [1.165, 1.54) is 5.56 Å². The van der Waals surface area contributed by atoms with Gasteiger partial charge in [-0.15, -0.1) is 10.2 Å². The van der Waals surface area contributed by atoms with Crippen molar-refractivity contribution in [3.63, 3.8) is 0 Å². The predicted octanol–water partition coefficient (Wildman–Crippen LogP) is 2.02. The zero-order chi connectivity index (χ0) is 13.7. The molecule has 0 heterocycles. The summed E-state index contributed by atoms with van der Waals surface area (Å²) >= 11 is 0. The van der Waals surface area contributed by atoms with Crippen molar-refractivity contribution in [2.45, 2.75) is 6.92 Å². The maximum absolute atomic E-state index is 5.34. The minimum absolute atomic E-state index is 0.0551. The van der Waals surface area contributed by atoms with Crippen LogP contribution in [0.25, 0.3) is 0 Å². The van der Waals surface area contributed by atoms with Gasteiger partial charge in [-0.25, -0.2) is 0 Å². The van der Waals surface area contributed by atoms with E-state index < -0.39 is 0 Å². The largest absolute Gasteiger partial charge is 0.369 e. The Morgan fingerprint density at radius 3 is 1.95 bits per heavy atom. The second-order valence-corrected chi connectivity index (χ2v) is 4.21. The van der Waals surface area contributed by atoms with Crippen molar-refractivity contribution in [1.29, 1.82) is 0 Å². The van der Waals surface area contributed by atoms with Gasteiger partial charge in [0.2, 0.25) is 5.96 Å². The summed E-state index contributed by atoms with van der Waals surface area (Å²) in [6.45, 7) is 2.04. The normalized spacial score (nSPS) is 11.1. The molecule has 0 amide bonds. The molecule has 0 radical (unpaired) electrons. The Labute approximate surface area is 112 Å². The number of rotatable bonds is 3. The van der Waals surface area contributed by atoms with Crippen LogP contribution < -0.4 is 11.5 Å². The zero-order valence-corrected chi connectivity index (χ0v) is 10.7. The zero-order valence-electron chi connectivity index (χ0n) is 10.7. The molecule has 0 atom stereocenters. The Balaban J connectivity index is 2.49. The summed E-state index contributed by atoms with van der Waals surface area (Å²) < 4.78 is 0. The third-order valence-electron chi connectivity index (χ3n) is 2.64. The molecule has 4 heteroatoms. The molecule has 0 aliphatic heterocycles. The monoisotopic (exact) mass is 252 g/mol. The second kappa shape index (κ2) is 5.82. The molecule has 2 aromatic carbocycles. The number of hydrogen-bond donors (Lipinski definition) is 2. The van der Waals surface area contributed by atoms with Crippen molar-refractivity contribution < 1.29 is 0 Å². The summed E-state index contributed by atoms with van der Waals surface area (Å²) in [5.74, 6) is -0.0551. The third-order valence-corrected chi connectivity index (χ3v) is 2.64. The van der Waals surface area contributed by atoms with E-state index in [0.29, 0.717) is 0 Å². The Morgan fingerprint density at radius 1 is 0.789 bits per heavy atom. The van der Waals surface area contributed by atoms with Gasteiger partial charge in [0.15, 0.2) is 0 Å². The summed E-state index contributed by atoms with van der Waals surface area (Å²) in [4.78, 5) is 0. The molecule has 96 valence electrons. The van der Waals surface area contributed by atoms with Gasteiger partial charge < -0.3 is 11.5 Å². The smallest absolute Gasteiger partial charge is 0.211 e. The maximum atomic E-state index is 5.34. The molecule has 4 nitrogen and oxygen atoms in total. The fraction of sp³-hybridized carbons (Fsp3) is 0.0667. The lowest BCUT2D eigenvalue weighted by molar-refractivity contribution is 1.20. The van der Waals surface area contributed by atoms with Crippen LogP contribution in [0.2, 0.25) is 0 Å². The van der Waals surface area contributed by atoms with Crippen LogP contribution >= 0.6 is 0 Å². The standard InChI is InChI=1S/C15H16N4/c1-11-7-9-13(10-8-11)14(18-19-15(16)17)12-5-3-2-4-6-12/h2-10H,1H3,(H4,16,17,19)/b18-14-. The van der Waals surface area contributed by atoms with Crippen LogP contribution in [0.1, 0.15) is 16.7 Å². The van der Waals surface area contributed by atoms with Gasteiger partial charge in [-0.2, -0.15) is 0 Å². The molecule has 0 saturated carbocycles. The van der Waals surface area contributed by atoms with Crippen LogP contribution in [0.15, 0.2) is 64.8 Å². The van der Waals surface area contributed by atoms with Crippen LogP contribution in [0.4, 0.5) is 0 Å². The molecule has 0 aliphatic rings. The van der Waals surface area contributed by atoms with Crippen molar-refractivity contribution in [2.75, 3.05) is 0 Å². The van der Waals surface area contributed by atoms with Crippen molar-refractivity contribution in [3.8, 4) is 0 Å². The van der Waals surface area contributed by atoms with Gasteiger partial charge in [-0.3, -0.25) is 0 Å². The molecule has 2 aromatic rings.